The zero-order chi connectivity index (χ0) is 32.1. The van der Waals surface area contributed by atoms with Gasteiger partial charge >= 0.3 is 0 Å². The Balaban J connectivity index is 1.12. The maximum Gasteiger partial charge on any atom is -0.00206 e. The van der Waals surface area contributed by atoms with Crippen molar-refractivity contribution in [2.75, 3.05) is 0 Å². The molecule has 0 nitrogen and oxygen atoms in total. The van der Waals surface area contributed by atoms with Crippen LogP contribution < -0.4 is 0 Å². The monoisotopic (exact) mass is 610 g/mol. The summed E-state index contributed by atoms with van der Waals surface area (Å²) in [5.41, 5.74) is 6.56. The van der Waals surface area contributed by atoms with Crippen LogP contribution >= 0.6 is 0 Å². The van der Waals surface area contributed by atoms with Crippen LogP contribution in [0, 0.1) is 0 Å². The third kappa shape index (κ3) is 4.02. The molecule has 0 aromatic heterocycles. The first-order chi connectivity index (χ1) is 23.4. The van der Waals surface area contributed by atoms with Gasteiger partial charge in [0.05, 0.1) is 0 Å². The molecule has 10 rings (SSSR count). The summed E-state index contributed by atoms with van der Waals surface area (Å²) in [6.07, 6.45) is 0. The lowest BCUT2D eigenvalue weighted by Gasteiger charge is -2.22. The fraction of sp³-hybridized carbons (Fsp3) is 0.0833. The van der Waals surface area contributed by atoms with Gasteiger partial charge in [0.2, 0.25) is 0 Å². The molecule has 10 aromatic rings. The second kappa shape index (κ2) is 9.89. The van der Waals surface area contributed by atoms with E-state index < -0.39 is 0 Å². The van der Waals surface area contributed by atoms with Crippen molar-refractivity contribution < 1.29 is 0 Å². The zero-order valence-electron chi connectivity index (χ0n) is 27.4. The van der Waals surface area contributed by atoms with Crippen molar-refractivity contribution in [3.63, 3.8) is 0 Å². The predicted molar refractivity (Wildman–Crippen MR) is 210 cm³/mol. The van der Waals surface area contributed by atoms with E-state index in [-0.39, 0.29) is 5.41 Å². The molecule has 0 spiro atoms. The molecule has 0 aliphatic rings. The lowest BCUT2D eigenvalue weighted by Crippen LogP contribution is -2.10. The van der Waals surface area contributed by atoms with Crippen molar-refractivity contribution in [1.82, 2.24) is 0 Å². The molecule has 0 fully saturated rings. The Morgan fingerprint density at radius 3 is 1.58 bits per heavy atom. The van der Waals surface area contributed by atoms with Crippen LogP contribution in [0.15, 0.2) is 152 Å². The number of fused-ring (bicyclic) bond motifs is 6. The molecule has 0 atom stereocenters. The largest absolute Gasteiger partial charge is 0.0616 e. The highest BCUT2D eigenvalue weighted by atomic mass is 14.2. The second-order valence-corrected chi connectivity index (χ2v) is 14.6. The fourth-order valence-electron chi connectivity index (χ4n) is 8.20. The van der Waals surface area contributed by atoms with E-state index in [1.54, 1.807) is 0 Å². The van der Waals surface area contributed by atoms with Gasteiger partial charge in [0, 0.05) is 0 Å². The topological polar surface area (TPSA) is 0 Å². The highest BCUT2D eigenvalue weighted by Crippen LogP contribution is 2.43. The summed E-state index contributed by atoms with van der Waals surface area (Å²) >= 11 is 0. The van der Waals surface area contributed by atoms with Crippen molar-refractivity contribution >= 4 is 75.4 Å². The highest BCUT2D eigenvalue weighted by Gasteiger charge is 2.18. The van der Waals surface area contributed by atoms with E-state index in [9.17, 15) is 0 Å². The molecule has 226 valence electrons. The summed E-state index contributed by atoms with van der Waals surface area (Å²) < 4.78 is 0. The Labute approximate surface area is 280 Å². The van der Waals surface area contributed by atoms with Crippen LogP contribution in [-0.2, 0) is 5.41 Å². The first-order valence-electron chi connectivity index (χ1n) is 17.0. The summed E-state index contributed by atoms with van der Waals surface area (Å²) in [6, 6.07) is 57.1. The molecular weight excluding hydrogens is 577 g/mol. The molecular formula is C48H34. The predicted octanol–water partition coefficient (Wildman–Crippen LogP) is 13.8. The van der Waals surface area contributed by atoms with Gasteiger partial charge in [0.15, 0.2) is 0 Å². The van der Waals surface area contributed by atoms with Crippen molar-refractivity contribution in [1.29, 1.82) is 0 Å². The summed E-state index contributed by atoms with van der Waals surface area (Å²) in [6.45, 7) is 6.89. The van der Waals surface area contributed by atoms with Gasteiger partial charge in [-0.05, 0) is 127 Å². The van der Waals surface area contributed by atoms with E-state index in [1.165, 1.54) is 103 Å². The Bertz CT molecular complexity index is 2900. The maximum atomic E-state index is 2.39. The SMILES string of the molecule is CC(C)(C)c1cc2ccc3ccc(-c4ccc5cc(-c6cc7ccc8ccccc8c7c7ccccc67)ccc5c4)c4ccc(c1)c2c34. The van der Waals surface area contributed by atoms with Gasteiger partial charge in [-0.1, -0.05) is 154 Å². The van der Waals surface area contributed by atoms with Gasteiger partial charge in [0.25, 0.3) is 0 Å². The van der Waals surface area contributed by atoms with Gasteiger partial charge in [-0.15, -0.1) is 0 Å². The lowest BCUT2D eigenvalue weighted by molar-refractivity contribution is 0.591. The summed E-state index contributed by atoms with van der Waals surface area (Å²) in [4.78, 5) is 0. The van der Waals surface area contributed by atoms with Crippen LogP contribution in [0.25, 0.3) is 97.7 Å². The van der Waals surface area contributed by atoms with E-state index in [0.717, 1.165) is 0 Å². The van der Waals surface area contributed by atoms with Gasteiger partial charge in [0.1, 0.15) is 0 Å². The minimum Gasteiger partial charge on any atom is -0.0616 e. The number of hydrogen-bond acceptors (Lipinski definition) is 0. The first kappa shape index (κ1) is 27.4. The maximum absolute atomic E-state index is 2.39. The smallest absolute Gasteiger partial charge is 0.00206 e. The molecule has 0 N–H and O–H groups in total. The molecule has 48 heavy (non-hydrogen) atoms. The average Bonchev–Trinajstić information content (AvgIpc) is 3.12. The van der Waals surface area contributed by atoms with Gasteiger partial charge in [-0.2, -0.15) is 0 Å². The summed E-state index contributed by atoms with van der Waals surface area (Å²) in [5.74, 6) is 0. The van der Waals surface area contributed by atoms with Crippen LogP contribution in [0.2, 0.25) is 0 Å². The summed E-state index contributed by atoms with van der Waals surface area (Å²) in [5, 5.41) is 18.3. The van der Waals surface area contributed by atoms with Gasteiger partial charge in [-0.25, -0.2) is 0 Å². The van der Waals surface area contributed by atoms with Crippen molar-refractivity contribution in [2.45, 2.75) is 26.2 Å². The van der Waals surface area contributed by atoms with Gasteiger partial charge in [-0.3, -0.25) is 0 Å². The van der Waals surface area contributed by atoms with Crippen LogP contribution in [0.4, 0.5) is 0 Å². The third-order valence-corrected chi connectivity index (χ3v) is 10.7. The number of benzene rings is 10. The quantitative estimate of drug-likeness (QED) is 0.171. The molecule has 0 saturated heterocycles. The molecule has 0 radical (unpaired) electrons. The molecule has 0 saturated carbocycles. The lowest BCUT2D eigenvalue weighted by atomic mass is 9.82. The van der Waals surface area contributed by atoms with E-state index >= 15 is 0 Å². The normalized spacial score (nSPS) is 12.5. The molecule has 0 aliphatic heterocycles. The first-order valence-corrected chi connectivity index (χ1v) is 17.0. The molecule has 0 heteroatoms. The number of rotatable bonds is 2. The average molecular weight is 611 g/mol. The van der Waals surface area contributed by atoms with Crippen LogP contribution in [0.3, 0.4) is 0 Å². The Morgan fingerprint density at radius 1 is 0.312 bits per heavy atom. The van der Waals surface area contributed by atoms with Crippen LogP contribution in [-0.4, -0.2) is 0 Å². The van der Waals surface area contributed by atoms with Crippen LogP contribution in [0.5, 0.6) is 0 Å². The summed E-state index contributed by atoms with van der Waals surface area (Å²) in [7, 11) is 0. The molecule has 0 heterocycles. The minimum absolute atomic E-state index is 0.108. The molecule has 10 aromatic carbocycles. The Kier molecular flexibility index (Phi) is 5.65. The standard InChI is InChI=1S/C48H34/c1-48(2,3)38-26-35-19-13-30-20-22-39(43-23-21-36(27-38)45(35)47(30)43)33-16-14-32-25-34(17-15-31(32)24-33)44-28-37-18-12-29-8-4-5-9-40(29)46(37)42-11-7-6-10-41(42)44/h4-28H,1-3H3. The van der Waals surface area contributed by atoms with Crippen LogP contribution in [0.1, 0.15) is 26.3 Å². The van der Waals surface area contributed by atoms with E-state index in [2.05, 4.69) is 172 Å². The molecule has 0 unspecified atom stereocenters. The second-order valence-electron chi connectivity index (χ2n) is 14.6. The minimum atomic E-state index is 0.108. The third-order valence-electron chi connectivity index (χ3n) is 10.7. The fourth-order valence-corrected chi connectivity index (χ4v) is 8.20. The molecule has 0 amide bonds. The van der Waals surface area contributed by atoms with Crippen molar-refractivity contribution in [3.05, 3.63) is 157 Å². The molecule has 0 aliphatic carbocycles. The zero-order valence-corrected chi connectivity index (χ0v) is 27.4. The van der Waals surface area contributed by atoms with Crippen molar-refractivity contribution in [2.24, 2.45) is 0 Å². The van der Waals surface area contributed by atoms with E-state index in [1.807, 2.05) is 0 Å². The van der Waals surface area contributed by atoms with Gasteiger partial charge < -0.3 is 0 Å². The van der Waals surface area contributed by atoms with Crippen molar-refractivity contribution in [3.8, 4) is 22.3 Å². The van der Waals surface area contributed by atoms with E-state index in [4.69, 9.17) is 0 Å². The van der Waals surface area contributed by atoms with E-state index in [0.29, 0.717) is 0 Å². The Morgan fingerprint density at radius 2 is 0.854 bits per heavy atom. The number of hydrogen-bond donors (Lipinski definition) is 0. The highest BCUT2D eigenvalue weighted by molar-refractivity contribution is 6.26. The Hall–Kier alpha value is -5.72. The molecule has 0 bridgehead atoms.